The summed E-state index contributed by atoms with van der Waals surface area (Å²) in [4.78, 5) is 22.8. The lowest BCUT2D eigenvalue weighted by Gasteiger charge is -2.17. The van der Waals surface area contributed by atoms with Gasteiger partial charge in [0.15, 0.2) is 5.82 Å². The summed E-state index contributed by atoms with van der Waals surface area (Å²) in [5.74, 6) is -1.25. The van der Waals surface area contributed by atoms with Crippen molar-refractivity contribution in [3.63, 3.8) is 0 Å². The number of benzene rings is 2. The minimum atomic E-state index is -3.00. The lowest BCUT2D eigenvalue weighted by molar-refractivity contribution is 0.206. The maximum Gasteiger partial charge on any atom is 0.437 e. The Morgan fingerprint density at radius 1 is 1.21 bits per heavy atom. The summed E-state index contributed by atoms with van der Waals surface area (Å²) in [5.41, 5.74) is 1.26. The molecule has 1 heterocycles. The summed E-state index contributed by atoms with van der Waals surface area (Å²) in [6.45, 7) is 0. The predicted octanol–water partition coefficient (Wildman–Crippen LogP) is 3.91. The summed E-state index contributed by atoms with van der Waals surface area (Å²) in [5, 5.41) is 11.7. The third-order valence-electron chi connectivity index (χ3n) is 3.71. The highest BCUT2D eigenvalue weighted by molar-refractivity contribution is 7.98. The van der Waals surface area contributed by atoms with Crippen molar-refractivity contribution in [1.29, 1.82) is 0 Å². The van der Waals surface area contributed by atoms with Crippen molar-refractivity contribution in [3.05, 3.63) is 66.0 Å². The minimum absolute atomic E-state index is 0.0294. The molecule has 3 rings (SSSR count). The molecule has 1 amide bonds. The number of nitrogens with zero attached hydrogens (tertiary/aromatic N) is 4. The van der Waals surface area contributed by atoms with Gasteiger partial charge in [-0.2, -0.15) is 9.35 Å². The highest BCUT2D eigenvalue weighted by Crippen LogP contribution is 2.22. The van der Waals surface area contributed by atoms with Crippen molar-refractivity contribution in [2.24, 2.45) is 4.36 Å². The zero-order valence-electron chi connectivity index (χ0n) is 15.1. The smallest absolute Gasteiger partial charge is 0.437 e. The fourth-order valence-corrected chi connectivity index (χ4v) is 3.93. The van der Waals surface area contributed by atoms with Gasteiger partial charge >= 0.3 is 6.09 Å². The first kappa shape index (κ1) is 20.4. The molecule has 11 heteroatoms. The fourth-order valence-electron chi connectivity index (χ4n) is 2.60. The highest BCUT2D eigenvalue weighted by Gasteiger charge is 2.11. The molecule has 0 radical (unpaired) electrons. The molecule has 29 heavy (non-hydrogen) atoms. The Morgan fingerprint density at radius 3 is 2.72 bits per heavy atom. The van der Waals surface area contributed by atoms with E-state index >= 15 is 0 Å². The van der Waals surface area contributed by atoms with Crippen LogP contribution >= 0.6 is 0 Å². The van der Waals surface area contributed by atoms with E-state index in [1.807, 2.05) is 0 Å². The third-order valence-corrected chi connectivity index (χ3v) is 5.28. The van der Waals surface area contributed by atoms with Crippen LogP contribution in [-0.4, -0.2) is 37.0 Å². The van der Waals surface area contributed by atoms with Crippen LogP contribution in [0.25, 0.3) is 11.4 Å². The Balaban J connectivity index is 1.83. The van der Waals surface area contributed by atoms with E-state index < -0.39 is 27.8 Å². The number of rotatable bonds is 5. The van der Waals surface area contributed by atoms with Gasteiger partial charge < -0.3 is 15.0 Å². The Kier molecular flexibility index (Phi) is 5.89. The number of aromatic nitrogens is 3. The molecular weight excluding hydrogens is 404 g/mol. The largest absolute Gasteiger partial charge is 0.463 e. The number of thiol groups is 1. The van der Waals surface area contributed by atoms with E-state index in [1.54, 1.807) is 24.3 Å². The van der Waals surface area contributed by atoms with Gasteiger partial charge in [0.2, 0.25) is 5.95 Å². The van der Waals surface area contributed by atoms with Gasteiger partial charge in [-0.05, 0) is 36.1 Å². The van der Waals surface area contributed by atoms with Crippen LogP contribution in [0.4, 0.5) is 25.2 Å². The summed E-state index contributed by atoms with van der Waals surface area (Å²) < 4.78 is 40.6. The molecule has 0 bridgehead atoms. The monoisotopic (exact) mass is 421 g/mol. The van der Waals surface area contributed by atoms with Crippen LogP contribution in [0.15, 0.2) is 53.2 Å². The van der Waals surface area contributed by atoms with Crippen molar-refractivity contribution < 1.29 is 23.2 Å². The highest BCUT2D eigenvalue weighted by atomic mass is 32.3. The van der Waals surface area contributed by atoms with E-state index in [2.05, 4.69) is 24.6 Å². The zero-order valence-corrected chi connectivity index (χ0v) is 16.0. The van der Waals surface area contributed by atoms with E-state index in [1.165, 1.54) is 18.6 Å². The Hall–Kier alpha value is -3.31. The lowest BCUT2D eigenvalue weighted by atomic mass is 10.2. The van der Waals surface area contributed by atoms with Crippen LogP contribution in [0.5, 0.6) is 0 Å². The number of carbonyl (C=O) groups is 1. The molecule has 152 valence electrons. The second-order valence-corrected chi connectivity index (χ2v) is 8.90. The quantitative estimate of drug-likeness (QED) is 0.461. The third kappa shape index (κ3) is 5.59. The number of nitrogens with one attached hydrogen (secondary N) is 1. The molecule has 2 aromatic carbocycles. The summed E-state index contributed by atoms with van der Waals surface area (Å²) >= 11 is 0. The van der Waals surface area contributed by atoms with Crippen molar-refractivity contribution in [1.82, 2.24) is 15.0 Å². The van der Waals surface area contributed by atoms with Crippen LogP contribution in [0.1, 0.15) is 5.56 Å². The van der Waals surface area contributed by atoms with Crippen LogP contribution in [-0.2, 0) is 15.9 Å². The van der Waals surface area contributed by atoms with Crippen molar-refractivity contribution in [2.45, 2.75) is 5.75 Å². The number of halogens is 2. The first-order valence-corrected chi connectivity index (χ1v) is 10.6. The predicted molar refractivity (Wildman–Crippen MR) is 106 cm³/mol. The average molecular weight is 421 g/mol. The van der Waals surface area contributed by atoms with E-state index in [0.717, 1.165) is 12.1 Å². The zero-order chi connectivity index (χ0) is 21.0. The Bertz CT molecular complexity index is 1120. The van der Waals surface area contributed by atoms with Crippen LogP contribution < -0.4 is 5.32 Å². The van der Waals surface area contributed by atoms with E-state index in [0.29, 0.717) is 11.3 Å². The van der Waals surface area contributed by atoms with Crippen molar-refractivity contribution in [2.75, 3.05) is 11.6 Å². The van der Waals surface area contributed by atoms with Crippen LogP contribution in [0.2, 0.25) is 0 Å². The van der Waals surface area contributed by atoms with E-state index in [9.17, 15) is 18.1 Å². The lowest BCUT2D eigenvalue weighted by Crippen LogP contribution is -2.13. The second-order valence-electron chi connectivity index (χ2n) is 6.21. The topological polar surface area (TPSA) is 121 Å². The molecule has 1 aromatic heterocycles. The minimum Gasteiger partial charge on any atom is -0.463 e. The second kappa shape index (κ2) is 8.37. The molecule has 0 saturated heterocycles. The molecule has 0 aliphatic carbocycles. The maximum atomic E-state index is 14.0. The molecule has 0 fully saturated rings. The van der Waals surface area contributed by atoms with Gasteiger partial charge in [0.25, 0.3) is 0 Å². The molecule has 0 spiro atoms. The molecule has 3 N–H and O–H groups in total. The molecule has 0 saturated carbocycles. The molecule has 0 atom stereocenters. The van der Waals surface area contributed by atoms with Crippen LogP contribution in [0.3, 0.4) is 0 Å². The number of anilines is 2. The van der Waals surface area contributed by atoms with Gasteiger partial charge in [0, 0.05) is 17.5 Å². The SMILES string of the molecule is C[SH](O)(Cc1cccc(Nc2ncnc(-c3ccc(F)cc3F)n2)c1)=NC(=O)O. The summed E-state index contributed by atoms with van der Waals surface area (Å²) in [6, 6.07) is 9.93. The molecule has 0 aliphatic heterocycles. The van der Waals surface area contributed by atoms with Gasteiger partial charge in [-0.15, -0.1) is 0 Å². The van der Waals surface area contributed by atoms with E-state index in [4.69, 9.17) is 5.11 Å². The van der Waals surface area contributed by atoms with Gasteiger partial charge in [-0.1, -0.05) is 22.2 Å². The Morgan fingerprint density at radius 2 is 2.00 bits per heavy atom. The van der Waals surface area contributed by atoms with Crippen molar-refractivity contribution >= 4 is 27.8 Å². The number of hydrogen-bond donors (Lipinski definition) is 4. The van der Waals surface area contributed by atoms with Gasteiger partial charge in [0.1, 0.15) is 18.0 Å². The molecule has 8 nitrogen and oxygen atoms in total. The number of carboxylic acid groups (broad SMARTS) is 1. The fraction of sp³-hybridized carbons (Fsp3) is 0.111. The van der Waals surface area contributed by atoms with Gasteiger partial charge in [-0.25, -0.2) is 23.5 Å². The average Bonchev–Trinajstić information content (AvgIpc) is 2.60. The van der Waals surface area contributed by atoms with Gasteiger partial charge in [-0.3, -0.25) is 0 Å². The van der Waals surface area contributed by atoms with Gasteiger partial charge in [0.05, 0.1) is 5.56 Å². The van der Waals surface area contributed by atoms with Crippen LogP contribution in [0, 0.1) is 11.6 Å². The maximum absolute atomic E-state index is 14.0. The van der Waals surface area contributed by atoms with Crippen molar-refractivity contribution in [3.8, 4) is 11.4 Å². The molecule has 3 aromatic rings. The first-order chi connectivity index (χ1) is 13.7. The normalized spacial score (nSPS) is 11.7. The first-order valence-electron chi connectivity index (χ1n) is 8.27. The number of hydrogen-bond acceptors (Lipinski definition) is 5. The molecule has 0 unspecified atom stereocenters. The standard InChI is InChI=1S/C18H17F2N5O3S/c1-29(28,25-18(26)27)9-11-3-2-4-13(7-11)23-17-22-10-21-16(24-17)14-6-5-12(19)8-15(14)20/h2-8,10,29H,9H2,1H3,(H,25,28)(H,26,27)(H,21,22,23,24). The summed E-state index contributed by atoms with van der Waals surface area (Å²) in [7, 11) is -3.00. The number of amides is 1. The molecule has 0 aliphatic rings. The Labute approximate surface area is 165 Å². The van der Waals surface area contributed by atoms with E-state index in [-0.39, 0.29) is 23.1 Å². The molecular formula is C18H17F2N5O3S. The summed E-state index contributed by atoms with van der Waals surface area (Å²) in [6.07, 6.45) is 1.18.